The molecular weight excluding hydrogens is 464 g/mol. The molecule has 32 heavy (non-hydrogen) atoms. The number of carbonyl (C=O) groups is 1. The van der Waals surface area contributed by atoms with Crippen LogP contribution in [-0.2, 0) is 10.5 Å². The number of benzene rings is 2. The smallest absolute Gasteiger partial charge is 0.250 e. The number of hydrogen-bond donors (Lipinski definition) is 1. The first kappa shape index (κ1) is 24.1. The molecule has 0 unspecified atom stereocenters. The molecule has 0 aliphatic heterocycles. The monoisotopic (exact) mass is 488 g/mol. The minimum atomic E-state index is -0.209. The van der Waals surface area contributed by atoms with Gasteiger partial charge in [0, 0.05) is 11.3 Å². The fourth-order valence-corrected chi connectivity index (χ4v) is 5.34. The fourth-order valence-electron chi connectivity index (χ4n) is 2.57. The number of methoxy groups -OCH3 is 2. The maximum absolute atomic E-state index is 12.2. The standard InChI is InChI=1S/C22H24N4O3S3/c1-14-5-7-16(8-6-14)12-30-21-25-26-22(32-21)31-13-20(27)24-23-15(2)17-9-10-18(28-3)19(11-17)29-4/h5-11H,12-13H2,1-4H3,(H,24,27)/b23-15+. The zero-order valence-corrected chi connectivity index (χ0v) is 20.7. The Balaban J connectivity index is 1.47. The van der Waals surface area contributed by atoms with E-state index in [1.807, 2.05) is 19.1 Å². The molecule has 0 atom stereocenters. The van der Waals surface area contributed by atoms with Crippen molar-refractivity contribution in [2.24, 2.45) is 5.10 Å². The highest BCUT2D eigenvalue weighted by atomic mass is 32.2. The minimum absolute atomic E-state index is 0.208. The summed E-state index contributed by atoms with van der Waals surface area (Å²) < 4.78 is 12.2. The van der Waals surface area contributed by atoms with E-state index in [1.54, 1.807) is 32.0 Å². The Morgan fingerprint density at radius 3 is 2.41 bits per heavy atom. The molecule has 1 heterocycles. The topological polar surface area (TPSA) is 85.7 Å². The molecule has 1 N–H and O–H groups in total. The van der Waals surface area contributed by atoms with Gasteiger partial charge in [-0.15, -0.1) is 10.2 Å². The van der Waals surface area contributed by atoms with E-state index in [0.29, 0.717) is 17.2 Å². The van der Waals surface area contributed by atoms with Crippen molar-refractivity contribution in [3.05, 3.63) is 59.2 Å². The van der Waals surface area contributed by atoms with Gasteiger partial charge in [-0.3, -0.25) is 4.79 Å². The van der Waals surface area contributed by atoms with E-state index in [-0.39, 0.29) is 11.7 Å². The van der Waals surface area contributed by atoms with E-state index < -0.39 is 0 Å². The Kier molecular flexibility index (Phi) is 8.95. The van der Waals surface area contributed by atoms with Crippen LogP contribution in [0.2, 0.25) is 0 Å². The lowest BCUT2D eigenvalue weighted by molar-refractivity contribution is -0.118. The molecule has 2 aromatic carbocycles. The lowest BCUT2D eigenvalue weighted by atomic mass is 10.1. The van der Waals surface area contributed by atoms with Crippen molar-refractivity contribution in [2.45, 2.75) is 28.3 Å². The number of aromatic nitrogens is 2. The molecule has 0 fully saturated rings. The van der Waals surface area contributed by atoms with Gasteiger partial charge in [0.1, 0.15) is 0 Å². The second kappa shape index (κ2) is 11.9. The Bertz CT molecular complexity index is 1080. The van der Waals surface area contributed by atoms with Crippen molar-refractivity contribution < 1.29 is 14.3 Å². The molecule has 0 spiro atoms. The van der Waals surface area contributed by atoms with Crippen molar-refractivity contribution in [1.29, 1.82) is 0 Å². The number of nitrogens with one attached hydrogen (secondary N) is 1. The summed E-state index contributed by atoms with van der Waals surface area (Å²) in [5.41, 5.74) is 6.56. The van der Waals surface area contributed by atoms with Gasteiger partial charge >= 0.3 is 0 Å². The predicted octanol–water partition coefficient (Wildman–Crippen LogP) is 4.79. The first-order chi connectivity index (χ1) is 15.5. The van der Waals surface area contributed by atoms with Crippen molar-refractivity contribution in [2.75, 3.05) is 20.0 Å². The number of hydrogen-bond acceptors (Lipinski definition) is 9. The summed E-state index contributed by atoms with van der Waals surface area (Å²) in [7, 11) is 3.16. The van der Waals surface area contributed by atoms with Crippen LogP contribution in [0.15, 0.2) is 56.2 Å². The molecular formula is C22H24N4O3S3. The SMILES string of the molecule is COc1ccc(/C(C)=N/NC(=O)CSc2nnc(SCc3ccc(C)cc3)s2)cc1OC. The third-order valence-corrected chi connectivity index (χ3v) is 7.61. The Morgan fingerprint density at radius 2 is 1.72 bits per heavy atom. The van der Waals surface area contributed by atoms with Crippen LogP contribution in [0.4, 0.5) is 0 Å². The average molecular weight is 489 g/mol. The van der Waals surface area contributed by atoms with Gasteiger partial charge in [0.15, 0.2) is 20.2 Å². The number of aryl methyl sites for hydroxylation is 1. The van der Waals surface area contributed by atoms with E-state index in [9.17, 15) is 4.79 Å². The van der Waals surface area contributed by atoms with Gasteiger partial charge in [-0.2, -0.15) is 5.10 Å². The van der Waals surface area contributed by atoms with Crippen LogP contribution < -0.4 is 14.9 Å². The van der Waals surface area contributed by atoms with Crippen LogP contribution in [0, 0.1) is 6.92 Å². The van der Waals surface area contributed by atoms with Gasteiger partial charge in [0.25, 0.3) is 5.91 Å². The summed E-state index contributed by atoms with van der Waals surface area (Å²) in [5.74, 6) is 2.08. The Hall–Kier alpha value is -2.56. The molecule has 0 aliphatic rings. The zero-order chi connectivity index (χ0) is 22.9. The van der Waals surface area contributed by atoms with Gasteiger partial charge in [0.05, 0.1) is 25.7 Å². The van der Waals surface area contributed by atoms with Gasteiger partial charge in [-0.1, -0.05) is 64.7 Å². The molecule has 0 saturated carbocycles. The third kappa shape index (κ3) is 6.98. The van der Waals surface area contributed by atoms with Gasteiger partial charge in [-0.25, -0.2) is 5.43 Å². The Morgan fingerprint density at radius 1 is 1.03 bits per heavy atom. The molecule has 0 bridgehead atoms. The highest BCUT2D eigenvalue weighted by molar-refractivity contribution is 8.03. The maximum atomic E-state index is 12.2. The summed E-state index contributed by atoms with van der Waals surface area (Å²) in [4.78, 5) is 12.2. The summed E-state index contributed by atoms with van der Waals surface area (Å²) in [6.07, 6.45) is 0. The minimum Gasteiger partial charge on any atom is -0.493 e. The molecule has 7 nitrogen and oxygen atoms in total. The van der Waals surface area contributed by atoms with E-state index >= 15 is 0 Å². The quantitative estimate of drug-likeness (QED) is 0.249. The molecule has 0 saturated heterocycles. The summed E-state index contributed by atoms with van der Waals surface area (Å²) in [5, 5.41) is 12.5. The van der Waals surface area contributed by atoms with E-state index in [4.69, 9.17) is 9.47 Å². The molecule has 3 aromatic rings. The van der Waals surface area contributed by atoms with Crippen molar-refractivity contribution >= 4 is 46.5 Å². The number of rotatable bonds is 10. The van der Waals surface area contributed by atoms with E-state index in [0.717, 1.165) is 20.0 Å². The maximum Gasteiger partial charge on any atom is 0.250 e. The number of thioether (sulfide) groups is 2. The van der Waals surface area contributed by atoms with Gasteiger partial charge in [-0.05, 0) is 37.6 Å². The number of ether oxygens (including phenoxy) is 2. The first-order valence-electron chi connectivity index (χ1n) is 9.68. The lowest BCUT2D eigenvalue weighted by Gasteiger charge is -2.09. The van der Waals surface area contributed by atoms with Crippen molar-refractivity contribution in [3.8, 4) is 11.5 Å². The lowest BCUT2D eigenvalue weighted by Crippen LogP contribution is -2.21. The molecule has 10 heteroatoms. The molecule has 1 amide bonds. The van der Waals surface area contributed by atoms with Crippen molar-refractivity contribution in [3.63, 3.8) is 0 Å². The van der Waals surface area contributed by atoms with Crippen LogP contribution in [0.25, 0.3) is 0 Å². The molecule has 3 rings (SSSR count). The summed E-state index contributed by atoms with van der Waals surface area (Å²) >= 11 is 4.48. The zero-order valence-electron chi connectivity index (χ0n) is 18.2. The molecule has 0 aliphatic carbocycles. The summed E-state index contributed by atoms with van der Waals surface area (Å²) in [6.45, 7) is 3.89. The highest BCUT2D eigenvalue weighted by Gasteiger charge is 2.10. The Labute approximate surface area is 200 Å². The number of carbonyl (C=O) groups excluding carboxylic acids is 1. The van der Waals surface area contributed by atoms with Crippen LogP contribution in [0.3, 0.4) is 0 Å². The highest BCUT2D eigenvalue weighted by Crippen LogP contribution is 2.31. The van der Waals surface area contributed by atoms with E-state index in [2.05, 4.69) is 51.9 Å². The largest absolute Gasteiger partial charge is 0.493 e. The van der Waals surface area contributed by atoms with Crippen LogP contribution in [0.5, 0.6) is 11.5 Å². The van der Waals surface area contributed by atoms with Crippen LogP contribution in [0.1, 0.15) is 23.6 Å². The molecule has 0 radical (unpaired) electrons. The molecule has 168 valence electrons. The third-order valence-electron chi connectivity index (χ3n) is 4.35. The van der Waals surface area contributed by atoms with Gasteiger partial charge < -0.3 is 9.47 Å². The number of nitrogens with zero attached hydrogens (tertiary/aromatic N) is 3. The normalized spacial score (nSPS) is 11.3. The average Bonchev–Trinajstić information content (AvgIpc) is 3.28. The predicted molar refractivity (Wildman–Crippen MR) is 131 cm³/mol. The van der Waals surface area contributed by atoms with Crippen LogP contribution in [-0.4, -0.2) is 41.8 Å². The van der Waals surface area contributed by atoms with Crippen LogP contribution >= 0.6 is 34.9 Å². The first-order valence-corrected chi connectivity index (χ1v) is 12.5. The number of amides is 1. The van der Waals surface area contributed by atoms with E-state index in [1.165, 1.54) is 34.2 Å². The summed E-state index contributed by atoms with van der Waals surface area (Å²) in [6, 6.07) is 13.9. The van der Waals surface area contributed by atoms with Crippen molar-refractivity contribution in [1.82, 2.24) is 15.6 Å². The second-order valence-corrected chi connectivity index (χ2v) is 10.1. The van der Waals surface area contributed by atoms with Gasteiger partial charge in [0.2, 0.25) is 0 Å². The second-order valence-electron chi connectivity index (χ2n) is 6.70. The number of hydrazone groups is 1. The molecule has 1 aromatic heterocycles. The fraction of sp³-hybridized carbons (Fsp3) is 0.273.